The summed E-state index contributed by atoms with van der Waals surface area (Å²) in [6.45, 7) is 19.5. The molecule has 0 saturated carbocycles. The molecule has 5 N–H and O–H groups in total. The molecule has 34 heavy (non-hydrogen) atoms. The molecule has 0 fully saturated rings. The Hall–Kier alpha value is -2.94. The van der Waals surface area contributed by atoms with Gasteiger partial charge in [-0.3, -0.25) is 0 Å². The van der Waals surface area contributed by atoms with E-state index < -0.39 is 0 Å². The molecule has 3 aromatic carbocycles. The maximum absolute atomic E-state index is 11.2. The first-order valence-corrected chi connectivity index (χ1v) is 12.5. The van der Waals surface area contributed by atoms with Crippen molar-refractivity contribution in [3.8, 4) is 28.0 Å². The molecule has 0 spiro atoms. The maximum Gasteiger partial charge on any atom is 0.124 e. The Balaban J connectivity index is 2.44. The van der Waals surface area contributed by atoms with Crippen molar-refractivity contribution in [2.45, 2.75) is 86.0 Å². The minimum absolute atomic E-state index is 0.281. The largest absolute Gasteiger partial charge is 0.507 e. The van der Waals surface area contributed by atoms with Crippen molar-refractivity contribution in [1.82, 2.24) is 0 Å². The lowest BCUT2D eigenvalue weighted by molar-refractivity contribution is 0.477. The van der Waals surface area contributed by atoms with Crippen LogP contribution in [0.2, 0.25) is 0 Å². The van der Waals surface area contributed by atoms with Crippen LogP contribution in [0.4, 0.5) is 11.4 Å². The third-order valence-electron chi connectivity index (χ3n) is 6.95. The highest BCUT2D eigenvalue weighted by Crippen LogP contribution is 2.46. The molecule has 0 aliphatic rings. The molecule has 182 valence electrons. The number of aryl methyl sites for hydroxylation is 1. The van der Waals surface area contributed by atoms with Gasteiger partial charge in [-0.15, -0.1) is 0 Å². The van der Waals surface area contributed by atoms with Gasteiger partial charge in [0.2, 0.25) is 0 Å². The van der Waals surface area contributed by atoms with Crippen molar-refractivity contribution in [3.05, 3.63) is 64.2 Å². The summed E-state index contributed by atoms with van der Waals surface area (Å²) in [6.07, 6.45) is 0. The van der Waals surface area contributed by atoms with E-state index in [0.29, 0.717) is 11.8 Å². The van der Waals surface area contributed by atoms with Crippen LogP contribution in [0.25, 0.3) is 22.3 Å². The van der Waals surface area contributed by atoms with Gasteiger partial charge in [0.1, 0.15) is 5.75 Å². The van der Waals surface area contributed by atoms with Gasteiger partial charge >= 0.3 is 0 Å². The Morgan fingerprint density at radius 1 is 0.559 bits per heavy atom. The molecule has 0 radical (unpaired) electrons. The van der Waals surface area contributed by atoms with Crippen LogP contribution in [-0.4, -0.2) is 5.11 Å². The van der Waals surface area contributed by atoms with Crippen LogP contribution in [0.5, 0.6) is 5.75 Å². The fraction of sp³-hybridized carbons (Fsp3) is 0.419. The molecule has 0 aromatic heterocycles. The van der Waals surface area contributed by atoms with Gasteiger partial charge < -0.3 is 16.6 Å². The molecule has 0 aliphatic heterocycles. The Morgan fingerprint density at radius 3 is 1.21 bits per heavy atom. The molecule has 0 unspecified atom stereocenters. The number of anilines is 2. The van der Waals surface area contributed by atoms with Gasteiger partial charge in [-0.05, 0) is 105 Å². The summed E-state index contributed by atoms with van der Waals surface area (Å²) in [6, 6.07) is 12.5. The lowest BCUT2D eigenvalue weighted by Crippen LogP contribution is -2.06. The number of phenols is 1. The third-order valence-corrected chi connectivity index (χ3v) is 6.95. The SMILES string of the molecule is Cc1ccc(O)c(-c2cc(C(C)C)c(N)c(C(C)C)c2)c1-c1cc(C(C)C)c(N)c(C(C)C)c1. The topological polar surface area (TPSA) is 72.3 Å². The number of phenolic OH excluding ortho intramolecular Hbond substituents is 1. The minimum Gasteiger partial charge on any atom is -0.507 e. The van der Waals surface area contributed by atoms with Gasteiger partial charge in [0.15, 0.2) is 0 Å². The summed E-state index contributed by atoms with van der Waals surface area (Å²) in [5.74, 6) is 1.45. The molecule has 0 atom stereocenters. The minimum atomic E-state index is 0.281. The van der Waals surface area contributed by atoms with Crippen LogP contribution in [0, 0.1) is 6.92 Å². The Labute approximate surface area is 206 Å². The number of hydrogen-bond acceptors (Lipinski definition) is 3. The van der Waals surface area contributed by atoms with E-state index >= 15 is 0 Å². The van der Waals surface area contributed by atoms with Gasteiger partial charge in [0.25, 0.3) is 0 Å². The zero-order valence-electron chi connectivity index (χ0n) is 22.4. The van der Waals surface area contributed by atoms with E-state index in [-0.39, 0.29) is 17.6 Å². The smallest absolute Gasteiger partial charge is 0.124 e. The van der Waals surface area contributed by atoms with E-state index in [1.807, 2.05) is 6.07 Å². The Kier molecular flexibility index (Phi) is 7.35. The second kappa shape index (κ2) is 9.74. The molecule has 3 aromatic rings. The molecule has 0 aliphatic carbocycles. The van der Waals surface area contributed by atoms with E-state index in [2.05, 4.69) is 86.6 Å². The van der Waals surface area contributed by atoms with Crippen LogP contribution in [0.15, 0.2) is 36.4 Å². The normalized spacial score (nSPS) is 11.9. The van der Waals surface area contributed by atoms with E-state index in [0.717, 1.165) is 61.4 Å². The lowest BCUT2D eigenvalue weighted by Gasteiger charge is -2.23. The van der Waals surface area contributed by atoms with Crippen molar-refractivity contribution < 1.29 is 5.11 Å². The standard InChI is InChI=1S/C31H42N2O/c1-16(2)23-12-21(13-24(17(3)4)30(23)32)28-20(9)10-11-27(34)29(28)22-14-25(18(5)6)31(33)26(15-22)19(7)8/h10-19,34H,32-33H2,1-9H3. The molecular formula is C31H42N2O. The average Bonchev–Trinajstić information content (AvgIpc) is 2.75. The number of nitrogens with two attached hydrogens (primary N) is 2. The molecule has 0 amide bonds. The molecule has 0 saturated heterocycles. The first-order valence-electron chi connectivity index (χ1n) is 12.5. The third kappa shape index (κ3) is 4.66. The van der Waals surface area contributed by atoms with Crippen LogP contribution in [0.1, 0.15) is 107 Å². The molecule has 3 nitrogen and oxygen atoms in total. The quantitative estimate of drug-likeness (QED) is 0.323. The summed E-state index contributed by atoms with van der Waals surface area (Å²) in [5, 5.41) is 11.2. The highest BCUT2D eigenvalue weighted by Gasteiger charge is 2.22. The summed E-state index contributed by atoms with van der Waals surface area (Å²) in [5.41, 5.74) is 24.6. The van der Waals surface area contributed by atoms with E-state index in [1.54, 1.807) is 6.07 Å². The van der Waals surface area contributed by atoms with Crippen LogP contribution >= 0.6 is 0 Å². The zero-order chi connectivity index (χ0) is 25.5. The van der Waals surface area contributed by atoms with Gasteiger partial charge in [-0.25, -0.2) is 0 Å². The van der Waals surface area contributed by atoms with Gasteiger partial charge in [-0.1, -0.05) is 61.5 Å². The molecule has 0 heterocycles. The van der Waals surface area contributed by atoms with Crippen LogP contribution in [-0.2, 0) is 0 Å². The number of hydrogen-bond donors (Lipinski definition) is 3. The highest BCUT2D eigenvalue weighted by molar-refractivity contribution is 5.91. The van der Waals surface area contributed by atoms with Gasteiger partial charge in [0, 0.05) is 16.9 Å². The number of nitrogen functional groups attached to an aromatic ring is 2. The molecule has 0 bridgehead atoms. The lowest BCUT2D eigenvalue weighted by atomic mass is 9.82. The fourth-order valence-corrected chi connectivity index (χ4v) is 4.96. The Morgan fingerprint density at radius 2 is 0.882 bits per heavy atom. The second-order valence-electron chi connectivity index (χ2n) is 10.9. The van der Waals surface area contributed by atoms with Gasteiger partial charge in [-0.2, -0.15) is 0 Å². The number of rotatable bonds is 6. The average molecular weight is 459 g/mol. The van der Waals surface area contributed by atoms with Crippen molar-refractivity contribution in [1.29, 1.82) is 0 Å². The molecule has 3 heteroatoms. The van der Waals surface area contributed by atoms with Crippen molar-refractivity contribution in [3.63, 3.8) is 0 Å². The van der Waals surface area contributed by atoms with E-state index in [9.17, 15) is 5.11 Å². The summed E-state index contributed by atoms with van der Waals surface area (Å²) >= 11 is 0. The predicted molar refractivity (Wildman–Crippen MR) is 149 cm³/mol. The van der Waals surface area contributed by atoms with Crippen LogP contribution < -0.4 is 11.5 Å². The summed E-state index contributed by atoms with van der Waals surface area (Å²) < 4.78 is 0. The number of aromatic hydroxyl groups is 1. The maximum atomic E-state index is 11.2. The highest BCUT2D eigenvalue weighted by atomic mass is 16.3. The van der Waals surface area contributed by atoms with E-state index in [1.165, 1.54) is 0 Å². The molecule has 3 rings (SSSR count). The Bertz CT molecular complexity index is 1050. The fourth-order valence-electron chi connectivity index (χ4n) is 4.96. The monoisotopic (exact) mass is 458 g/mol. The van der Waals surface area contributed by atoms with E-state index in [4.69, 9.17) is 11.5 Å². The van der Waals surface area contributed by atoms with Crippen molar-refractivity contribution >= 4 is 11.4 Å². The zero-order valence-corrected chi connectivity index (χ0v) is 22.4. The first kappa shape index (κ1) is 25.7. The van der Waals surface area contributed by atoms with Gasteiger partial charge in [0.05, 0.1) is 0 Å². The van der Waals surface area contributed by atoms with Crippen molar-refractivity contribution in [2.24, 2.45) is 0 Å². The van der Waals surface area contributed by atoms with Crippen molar-refractivity contribution in [2.75, 3.05) is 11.5 Å². The van der Waals surface area contributed by atoms with Crippen LogP contribution in [0.3, 0.4) is 0 Å². The summed E-state index contributed by atoms with van der Waals surface area (Å²) in [7, 11) is 0. The number of benzene rings is 3. The predicted octanol–water partition coefficient (Wildman–Crippen LogP) is 8.69. The molecular weight excluding hydrogens is 416 g/mol. The summed E-state index contributed by atoms with van der Waals surface area (Å²) in [4.78, 5) is 0. The second-order valence-corrected chi connectivity index (χ2v) is 10.9. The first-order chi connectivity index (χ1) is 15.8.